The predicted molar refractivity (Wildman–Crippen MR) is 134 cm³/mol. The van der Waals surface area contributed by atoms with Crippen molar-refractivity contribution in [2.45, 2.75) is 39.3 Å². The lowest BCUT2D eigenvalue weighted by molar-refractivity contribution is 0.180. The molecule has 168 valence electrons. The molecule has 1 aliphatic heterocycles. The third kappa shape index (κ3) is 4.15. The van der Waals surface area contributed by atoms with Gasteiger partial charge in [-0.05, 0) is 75.3 Å². The highest BCUT2D eigenvalue weighted by Crippen LogP contribution is 2.43. The van der Waals surface area contributed by atoms with Gasteiger partial charge in [0.05, 0.1) is 17.8 Å². The highest BCUT2D eigenvalue weighted by Gasteiger charge is 2.42. The first-order valence-corrected chi connectivity index (χ1v) is 11.6. The van der Waals surface area contributed by atoms with Crippen molar-refractivity contribution in [3.05, 3.63) is 81.9 Å². The maximum atomic E-state index is 6.32. The Bertz CT molecular complexity index is 1110. The molecule has 1 fully saturated rings. The largest absolute Gasteiger partial charge is 0.385 e. The molecule has 4 rings (SSSR count). The molecule has 0 bridgehead atoms. The quantitative estimate of drug-likeness (QED) is 0.368. The molecule has 1 aliphatic rings. The number of methoxy groups -OCH3 is 1. The number of ether oxygens (including phenoxy) is 1. The monoisotopic (exact) mass is 468 g/mol. The van der Waals surface area contributed by atoms with E-state index in [1.165, 1.54) is 22.5 Å². The molecule has 1 N–H and O–H groups in total. The van der Waals surface area contributed by atoms with Crippen LogP contribution in [-0.2, 0) is 4.74 Å². The van der Waals surface area contributed by atoms with Crippen molar-refractivity contribution < 1.29 is 4.74 Å². The van der Waals surface area contributed by atoms with E-state index in [1.807, 2.05) is 36.5 Å². The average Bonchev–Trinajstić information content (AvgIpc) is 3.21. The molecular weight excluding hydrogens is 440 g/mol. The number of rotatable bonds is 7. The molecule has 1 saturated heterocycles. The molecule has 0 amide bonds. The maximum absolute atomic E-state index is 6.32. The number of aromatic nitrogens is 2. The second-order valence-electron chi connectivity index (χ2n) is 8.19. The smallest absolute Gasteiger partial charge is 0.170 e. The molecule has 0 saturated carbocycles. The Kier molecular flexibility index (Phi) is 6.84. The number of thiocarbonyl (C=S) groups is 1. The molecule has 0 aliphatic carbocycles. The van der Waals surface area contributed by atoms with Crippen LogP contribution in [0.2, 0.25) is 5.02 Å². The van der Waals surface area contributed by atoms with E-state index in [4.69, 9.17) is 28.6 Å². The van der Waals surface area contributed by atoms with Crippen molar-refractivity contribution in [1.82, 2.24) is 19.8 Å². The second kappa shape index (κ2) is 9.61. The lowest BCUT2D eigenvalue weighted by atomic mass is 9.93. The summed E-state index contributed by atoms with van der Waals surface area (Å²) in [5.41, 5.74) is 6.99. The van der Waals surface area contributed by atoms with Crippen LogP contribution < -0.4 is 5.32 Å². The number of halogens is 1. The van der Waals surface area contributed by atoms with Gasteiger partial charge in [0, 0.05) is 54.1 Å². The van der Waals surface area contributed by atoms with Gasteiger partial charge in [-0.2, -0.15) is 0 Å². The van der Waals surface area contributed by atoms with Crippen molar-refractivity contribution in [3.8, 4) is 5.69 Å². The number of pyridine rings is 1. The van der Waals surface area contributed by atoms with Crippen molar-refractivity contribution in [3.63, 3.8) is 0 Å². The Morgan fingerprint density at radius 1 is 1.12 bits per heavy atom. The second-order valence-corrected chi connectivity index (χ2v) is 9.01. The third-order valence-corrected chi connectivity index (χ3v) is 6.90. The molecule has 7 heteroatoms. The summed E-state index contributed by atoms with van der Waals surface area (Å²) >= 11 is 12.1. The van der Waals surface area contributed by atoms with E-state index in [9.17, 15) is 0 Å². The van der Waals surface area contributed by atoms with E-state index in [0.29, 0.717) is 6.61 Å². The van der Waals surface area contributed by atoms with Crippen LogP contribution in [0.15, 0.2) is 48.7 Å². The summed E-state index contributed by atoms with van der Waals surface area (Å²) in [6.07, 6.45) is 2.74. The van der Waals surface area contributed by atoms with Crippen LogP contribution in [0.5, 0.6) is 0 Å². The molecule has 2 atom stereocenters. The Morgan fingerprint density at radius 3 is 2.62 bits per heavy atom. The third-order valence-electron chi connectivity index (χ3n) is 6.31. The van der Waals surface area contributed by atoms with Crippen molar-refractivity contribution in [1.29, 1.82) is 0 Å². The van der Waals surface area contributed by atoms with Crippen LogP contribution in [0.1, 0.15) is 46.7 Å². The van der Waals surface area contributed by atoms with E-state index in [-0.39, 0.29) is 12.1 Å². The Morgan fingerprint density at radius 2 is 1.94 bits per heavy atom. The van der Waals surface area contributed by atoms with Gasteiger partial charge in [-0.25, -0.2) is 0 Å². The molecule has 1 aromatic carbocycles. The van der Waals surface area contributed by atoms with E-state index < -0.39 is 0 Å². The van der Waals surface area contributed by atoms with Crippen LogP contribution in [0.4, 0.5) is 0 Å². The van der Waals surface area contributed by atoms with Crippen LogP contribution in [0.3, 0.4) is 0 Å². The van der Waals surface area contributed by atoms with Gasteiger partial charge < -0.3 is 19.5 Å². The van der Waals surface area contributed by atoms with Crippen molar-refractivity contribution in [2.75, 3.05) is 20.3 Å². The number of nitrogens with zero attached hydrogens (tertiary/aromatic N) is 3. The Balaban J connectivity index is 1.85. The number of nitrogens with one attached hydrogen (secondary N) is 1. The summed E-state index contributed by atoms with van der Waals surface area (Å²) in [5.74, 6) is 0. The fraction of sp³-hybridized carbons (Fsp3) is 0.360. The van der Waals surface area contributed by atoms with Gasteiger partial charge in [0.15, 0.2) is 5.11 Å². The summed E-state index contributed by atoms with van der Waals surface area (Å²) in [4.78, 5) is 6.96. The summed E-state index contributed by atoms with van der Waals surface area (Å²) in [6, 6.07) is 14.0. The standard InChI is InChI=1S/C25H29ClN4OS/c1-16-17(2)30(20-10-7-9-19(26)15-20)18(3)22(16)24-23(21-11-5-6-12-27-21)28-25(32)29(24)13-8-14-31-4/h5-7,9-12,15,23-24H,8,13-14H2,1-4H3,(H,28,32)/t23-,24-/m0/s1. The van der Waals surface area contributed by atoms with Gasteiger partial charge in [-0.3, -0.25) is 4.98 Å². The molecule has 32 heavy (non-hydrogen) atoms. The normalized spacial score (nSPS) is 18.3. The van der Waals surface area contributed by atoms with Crippen molar-refractivity contribution >= 4 is 28.9 Å². The first-order chi connectivity index (χ1) is 15.4. The first kappa shape index (κ1) is 22.8. The van der Waals surface area contributed by atoms with Gasteiger partial charge in [-0.1, -0.05) is 23.7 Å². The highest BCUT2D eigenvalue weighted by molar-refractivity contribution is 7.80. The van der Waals surface area contributed by atoms with E-state index in [1.54, 1.807) is 7.11 Å². The Hall–Kier alpha value is -2.41. The molecule has 0 spiro atoms. The Labute approximate surface area is 200 Å². The van der Waals surface area contributed by atoms with Gasteiger partial charge in [0.1, 0.15) is 0 Å². The molecule has 3 aromatic rings. The summed E-state index contributed by atoms with van der Waals surface area (Å²) in [6.45, 7) is 8.05. The lowest BCUT2D eigenvalue weighted by Gasteiger charge is -2.29. The van der Waals surface area contributed by atoms with Gasteiger partial charge in [0.2, 0.25) is 0 Å². The average molecular weight is 469 g/mol. The minimum absolute atomic E-state index is 0.0294. The fourth-order valence-corrected chi connectivity index (χ4v) is 5.30. The number of benzene rings is 1. The number of hydrogen-bond donors (Lipinski definition) is 1. The minimum Gasteiger partial charge on any atom is -0.385 e. The van der Waals surface area contributed by atoms with Crippen LogP contribution in [0.25, 0.3) is 5.69 Å². The van der Waals surface area contributed by atoms with E-state index in [0.717, 1.165) is 34.5 Å². The molecular formula is C25H29ClN4OS. The topological polar surface area (TPSA) is 42.3 Å². The van der Waals surface area contributed by atoms with E-state index in [2.05, 4.69) is 52.7 Å². The zero-order valence-electron chi connectivity index (χ0n) is 18.9. The zero-order valence-corrected chi connectivity index (χ0v) is 20.5. The summed E-state index contributed by atoms with van der Waals surface area (Å²) < 4.78 is 7.60. The van der Waals surface area contributed by atoms with Gasteiger partial charge in [0.25, 0.3) is 0 Å². The highest BCUT2D eigenvalue weighted by atomic mass is 35.5. The molecule has 0 unspecified atom stereocenters. The number of hydrogen-bond acceptors (Lipinski definition) is 3. The van der Waals surface area contributed by atoms with Crippen LogP contribution in [-0.4, -0.2) is 39.8 Å². The fourth-order valence-electron chi connectivity index (χ4n) is 4.78. The molecule has 3 heterocycles. The van der Waals surface area contributed by atoms with E-state index >= 15 is 0 Å². The summed E-state index contributed by atoms with van der Waals surface area (Å²) in [5, 5.41) is 5.04. The zero-order chi connectivity index (χ0) is 22.8. The van der Waals surface area contributed by atoms with Gasteiger partial charge in [-0.15, -0.1) is 0 Å². The van der Waals surface area contributed by atoms with Crippen LogP contribution >= 0.6 is 23.8 Å². The van der Waals surface area contributed by atoms with Gasteiger partial charge >= 0.3 is 0 Å². The van der Waals surface area contributed by atoms with Crippen LogP contribution in [0, 0.1) is 20.8 Å². The SMILES string of the molecule is COCCCN1C(=S)N[C@@H](c2ccccn2)[C@@H]1c1c(C)c(C)n(-c2cccc(Cl)c2)c1C. The predicted octanol–water partition coefficient (Wildman–Crippen LogP) is 5.46. The molecule has 0 radical (unpaired) electrons. The first-order valence-electron chi connectivity index (χ1n) is 10.9. The molecule has 2 aromatic heterocycles. The lowest BCUT2D eigenvalue weighted by Crippen LogP contribution is -2.31. The summed E-state index contributed by atoms with van der Waals surface area (Å²) in [7, 11) is 1.73. The molecule has 5 nitrogen and oxygen atoms in total. The van der Waals surface area contributed by atoms with Crippen molar-refractivity contribution in [2.24, 2.45) is 0 Å². The minimum atomic E-state index is -0.0294. The maximum Gasteiger partial charge on any atom is 0.170 e.